The Morgan fingerprint density at radius 1 is 1.80 bits per heavy atom. The molecule has 0 aliphatic rings. The molecule has 0 saturated carbocycles. The van der Waals surface area contributed by atoms with Crippen molar-refractivity contribution in [2.75, 3.05) is 6.54 Å². The lowest BCUT2D eigenvalue weighted by atomic mass is 10.3. The second-order valence-corrected chi connectivity index (χ2v) is 1.78. The number of aliphatic carboxylic acids is 1. The third kappa shape index (κ3) is 4.78. The number of hydrogen-bond acceptors (Lipinski definition) is 3. The Kier molecular flexibility index (Phi) is 3.89. The Hall–Kier alpha value is -1.37. The van der Waals surface area contributed by atoms with Crippen molar-refractivity contribution in [1.82, 2.24) is 0 Å². The molecule has 0 saturated heterocycles. The molecule has 0 aromatic heterocycles. The fourth-order valence-electron chi connectivity index (χ4n) is 0.445. The van der Waals surface area contributed by atoms with Gasteiger partial charge in [-0.1, -0.05) is 0 Å². The lowest BCUT2D eigenvalue weighted by molar-refractivity contribution is -0.135. The number of nitrogens with zero attached hydrogens (tertiary/aromatic N) is 2. The van der Waals surface area contributed by atoms with Gasteiger partial charge in [-0.15, -0.1) is 0 Å². The van der Waals surface area contributed by atoms with Gasteiger partial charge in [-0.2, -0.15) is 5.26 Å². The van der Waals surface area contributed by atoms with Gasteiger partial charge in [-0.25, -0.2) is 0 Å². The molecular formula is C6H8N2O2. The van der Waals surface area contributed by atoms with E-state index < -0.39 is 5.97 Å². The third-order valence-electron chi connectivity index (χ3n) is 0.827. The van der Waals surface area contributed by atoms with Crippen molar-refractivity contribution >= 4 is 11.7 Å². The summed E-state index contributed by atoms with van der Waals surface area (Å²) in [6.07, 6.45) is -0.0817. The highest BCUT2D eigenvalue weighted by Crippen LogP contribution is 1.85. The number of carboxylic acid groups (broad SMARTS) is 1. The molecule has 4 heteroatoms. The Bertz CT molecular complexity index is 190. The van der Waals surface area contributed by atoms with Gasteiger partial charge < -0.3 is 5.11 Å². The average Bonchev–Trinajstić information content (AvgIpc) is 1.82. The van der Waals surface area contributed by atoms with E-state index in [2.05, 4.69) is 4.99 Å². The molecule has 0 heterocycles. The molecule has 0 aromatic rings. The van der Waals surface area contributed by atoms with Gasteiger partial charge in [0.15, 0.2) is 0 Å². The van der Waals surface area contributed by atoms with Crippen molar-refractivity contribution in [2.45, 2.75) is 13.3 Å². The molecule has 0 rings (SSSR count). The SMILES string of the molecule is CC(CC(=O)O)=NCC#N. The molecule has 0 aliphatic heterocycles. The molecule has 54 valence electrons. The first-order valence-corrected chi connectivity index (χ1v) is 2.75. The van der Waals surface area contributed by atoms with Gasteiger partial charge in [0, 0.05) is 5.71 Å². The van der Waals surface area contributed by atoms with Crippen molar-refractivity contribution in [1.29, 1.82) is 5.26 Å². The predicted octanol–water partition coefficient (Wildman–Crippen LogP) is 0.446. The first kappa shape index (κ1) is 8.63. The van der Waals surface area contributed by atoms with Crippen LogP contribution in [-0.2, 0) is 4.79 Å². The highest BCUT2D eigenvalue weighted by molar-refractivity contribution is 5.96. The summed E-state index contributed by atoms with van der Waals surface area (Å²) in [6.45, 7) is 1.63. The van der Waals surface area contributed by atoms with Crippen LogP contribution >= 0.6 is 0 Å². The molecule has 0 amide bonds. The Morgan fingerprint density at radius 2 is 2.40 bits per heavy atom. The maximum Gasteiger partial charge on any atom is 0.309 e. The lowest BCUT2D eigenvalue weighted by Crippen LogP contribution is -2.03. The minimum atomic E-state index is -0.917. The van der Waals surface area contributed by atoms with Crippen LogP contribution in [0.2, 0.25) is 0 Å². The fraction of sp³-hybridized carbons (Fsp3) is 0.500. The summed E-state index contributed by atoms with van der Waals surface area (Å²) in [5.41, 5.74) is 0.481. The third-order valence-corrected chi connectivity index (χ3v) is 0.827. The highest BCUT2D eigenvalue weighted by atomic mass is 16.4. The summed E-state index contributed by atoms with van der Waals surface area (Å²) < 4.78 is 0. The fourth-order valence-corrected chi connectivity index (χ4v) is 0.445. The number of carbonyl (C=O) groups is 1. The number of aliphatic imine (C=N–C) groups is 1. The summed E-state index contributed by atoms with van der Waals surface area (Å²) >= 11 is 0. The zero-order valence-electron chi connectivity index (χ0n) is 5.66. The van der Waals surface area contributed by atoms with Crippen LogP contribution in [0.4, 0.5) is 0 Å². The van der Waals surface area contributed by atoms with E-state index in [0.29, 0.717) is 5.71 Å². The number of rotatable bonds is 3. The first-order chi connectivity index (χ1) is 4.66. The van der Waals surface area contributed by atoms with E-state index in [4.69, 9.17) is 10.4 Å². The topological polar surface area (TPSA) is 73.4 Å². The second-order valence-electron chi connectivity index (χ2n) is 1.78. The summed E-state index contributed by atoms with van der Waals surface area (Å²) in [5, 5.41) is 16.3. The van der Waals surface area contributed by atoms with E-state index in [1.54, 1.807) is 13.0 Å². The van der Waals surface area contributed by atoms with Crippen molar-refractivity contribution < 1.29 is 9.90 Å². The molecule has 0 spiro atoms. The van der Waals surface area contributed by atoms with E-state index in [0.717, 1.165) is 0 Å². The average molecular weight is 140 g/mol. The quantitative estimate of drug-likeness (QED) is 0.456. The molecular weight excluding hydrogens is 132 g/mol. The molecule has 0 atom stereocenters. The van der Waals surface area contributed by atoms with E-state index in [1.807, 2.05) is 0 Å². The maximum absolute atomic E-state index is 10.0. The maximum atomic E-state index is 10.0. The largest absolute Gasteiger partial charge is 0.481 e. The summed E-state index contributed by atoms with van der Waals surface area (Å²) in [4.78, 5) is 13.7. The Balaban J connectivity index is 3.73. The first-order valence-electron chi connectivity index (χ1n) is 2.75. The molecule has 1 N–H and O–H groups in total. The van der Waals surface area contributed by atoms with Crippen LogP contribution in [0.3, 0.4) is 0 Å². The Labute approximate surface area is 58.8 Å². The number of nitriles is 1. The number of carboxylic acids is 1. The van der Waals surface area contributed by atoms with Gasteiger partial charge >= 0.3 is 5.97 Å². The predicted molar refractivity (Wildman–Crippen MR) is 35.8 cm³/mol. The van der Waals surface area contributed by atoms with Crippen LogP contribution < -0.4 is 0 Å². The van der Waals surface area contributed by atoms with Crippen molar-refractivity contribution in [3.8, 4) is 6.07 Å². The van der Waals surface area contributed by atoms with Crippen LogP contribution in [0, 0.1) is 11.3 Å². The van der Waals surface area contributed by atoms with Gasteiger partial charge in [0.25, 0.3) is 0 Å². The normalized spacial score (nSPS) is 10.6. The summed E-state index contributed by atoms with van der Waals surface area (Å²) in [7, 11) is 0. The molecule has 4 nitrogen and oxygen atoms in total. The van der Waals surface area contributed by atoms with Gasteiger partial charge in [-0.05, 0) is 6.92 Å². The minimum Gasteiger partial charge on any atom is -0.481 e. The zero-order valence-corrected chi connectivity index (χ0v) is 5.66. The van der Waals surface area contributed by atoms with Crippen molar-refractivity contribution in [2.24, 2.45) is 4.99 Å². The molecule has 0 bridgehead atoms. The standard InChI is InChI=1S/C6H8N2O2/c1-5(4-6(9)10)8-3-2-7/h3-4H2,1H3,(H,9,10). The molecule has 0 fully saturated rings. The molecule has 10 heavy (non-hydrogen) atoms. The van der Waals surface area contributed by atoms with E-state index in [1.165, 1.54) is 0 Å². The molecule has 0 radical (unpaired) electrons. The zero-order chi connectivity index (χ0) is 7.98. The van der Waals surface area contributed by atoms with Crippen LogP contribution in [0.5, 0.6) is 0 Å². The van der Waals surface area contributed by atoms with Gasteiger partial charge in [0.2, 0.25) is 0 Å². The van der Waals surface area contributed by atoms with Gasteiger partial charge in [-0.3, -0.25) is 9.79 Å². The van der Waals surface area contributed by atoms with Crippen molar-refractivity contribution in [3.05, 3.63) is 0 Å². The van der Waals surface area contributed by atoms with E-state index in [-0.39, 0.29) is 13.0 Å². The van der Waals surface area contributed by atoms with Gasteiger partial charge in [0.1, 0.15) is 6.54 Å². The van der Waals surface area contributed by atoms with Crippen LogP contribution in [-0.4, -0.2) is 23.3 Å². The number of hydrogen-bond donors (Lipinski definition) is 1. The van der Waals surface area contributed by atoms with Crippen molar-refractivity contribution in [3.63, 3.8) is 0 Å². The lowest BCUT2D eigenvalue weighted by Gasteiger charge is -1.90. The van der Waals surface area contributed by atoms with E-state index in [9.17, 15) is 4.79 Å². The minimum absolute atomic E-state index is 0.0408. The van der Waals surface area contributed by atoms with Crippen LogP contribution in [0.15, 0.2) is 4.99 Å². The highest BCUT2D eigenvalue weighted by Gasteiger charge is 1.97. The monoisotopic (exact) mass is 140 g/mol. The van der Waals surface area contributed by atoms with E-state index >= 15 is 0 Å². The second kappa shape index (κ2) is 4.50. The molecule has 0 unspecified atom stereocenters. The Morgan fingerprint density at radius 3 is 2.80 bits per heavy atom. The summed E-state index contributed by atoms with van der Waals surface area (Å²) in [5.74, 6) is -0.917. The molecule has 0 aromatic carbocycles. The van der Waals surface area contributed by atoms with Gasteiger partial charge in [0.05, 0.1) is 12.5 Å². The van der Waals surface area contributed by atoms with Crippen LogP contribution in [0.1, 0.15) is 13.3 Å². The smallest absolute Gasteiger partial charge is 0.309 e. The van der Waals surface area contributed by atoms with Crippen LogP contribution in [0.25, 0.3) is 0 Å². The summed E-state index contributed by atoms with van der Waals surface area (Å²) in [6, 6.07) is 1.79. The molecule has 0 aliphatic carbocycles.